The van der Waals surface area contributed by atoms with Gasteiger partial charge in [-0.25, -0.2) is 0 Å². The quantitative estimate of drug-likeness (QED) is 0.805. The summed E-state index contributed by atoms with van der Waals surface area (Å²) in [6, 6.07) is 12.3. The number of hydrogen-bond acceptors (Lipinski definition) is 3. The molecule has 3 rings (SSSR count). The molecule has 0 bridgehead atoms. The largest absolute Gasteiger partial charge is 0.497 e. The highest BCUT2D eigenvalue weighted by atomic mass is 16.5. The van der Waals surface area contributed by atoms with Gasteiger partial charge in [0.1, 0.15) is 11.5 Å². The topological polar surface area (TPSA) is 47.6 Å². The van der Waals surface area contributed by atoms with Crippen LogP contribution < -0.4 is 14.8 Å². The highest BCUT2D eigenvalue weighted by molar-refractivity contribution is 5.78. The average molecular weight is 367 g/mol. The van der Waals surface area contributed by atoms with E-state index >= 15 is 0 Å². The lowest BCUT2D eigenvalue weighted by atomic mass is 9.87. The molecule has 0 spiro atoms. The molecule has 2 aromatic carbocycles. The molecule has 1 aliphatic carbocycles. The van der Waals surface area contributed by atoms with Crippen molar-refractivity contribution in [3.8, 4) is 11.5 Å². The normalized spacial score (nSPS) is 16.0. The van der Waals surface area contributed by atoms with Gasteiger partial charge in [-0.1, -0.05) is 32.0 Å². The van der Waals surface area contributed by atoms with Crippen molar-refractivity contribution in [3.63, 3.8) is 0 Å². The Morgan fingerprint density at radius 2 is 2.04 bits per heavy atom. The lowest BCUT2D eigenvalue weighted by molar-refractivity contribution is -0.124. The second kappa shape index (κ2) is 8.47. The van der Waals surface area contributed by atoms with Gasteiger partial charge in [-0.15, -0.1) is 0 Å². The molecule has 0 saturated heterocycles. The summed E-state index contributed by atoms with van der Waals surface area (Å²) in [7, 11) is 1.68. The summed E-state index contributed by atoms with van der Waals surface area (Å²) in [4.78, 5) is 12.5. The van der Waals surface area contributed by atoms with E-state index in [9.17, 15) is 4.79 Å². The van der Waals surface area contributed by atoms with Gasteiger partial charge in [-0.3, -0.25) is 4.79 Å². The van der Waals surface area contributed by atoms with E-state index in [-0.39, 0.29) is 18.6 Å². The van der Waals surface area contributed by atoms with Crippen LogP contribution in [-0.4, -0.2) is 19.6 Å². The number of ether oxygens (including phenoxy) is 2. The summed E-state index contributed by atoms with van der Waals surface area (Å²) in [6.07, 6.45) is 3.03. The molecule has 0 unspecified atom stereocenters. The molecule has 0 radical (unpaired) electrons. The number of amides is 1. The van der Waals surface area contributed by atoms with Gasteiger partial charge in [-0.05, 0) is 72.6 Å². The second-order valence-electron chi connectivity index (χ2n) is 7.56. The number of methoxy groups -OCH3 is 1. The molecule has 0 fully saturated rings. The zero-order valence-corrected chi connectivity index (χ0v) is 16.7. The summed E-state index contributed by atoms with van der Waals surface area (Å²) >= 11 is 0. The predicted molar refractivity (Wildman–Crippen MR) is 108 cm³/mol. The van der Waals surface area contributed by atoms with Gasteiger partial charge in [-0.2, -0.15) is 0 Å². The minimum atomic E-state index is -0.0834. The molecule has 0 aromatic heterocycles. The Kier molecular flexibility index (Phi) is 6.04. The smallest absolute Gasteiger partial charge is 0.258 e. The Morgan fingerprint density at radius 3 is 2.78 bits per heavy atom. The fourth-order valence-corrected chi connectivity index (χ4v) is 3.69. The minimum absolute atomic E-state index is 0.0329. The first-order valence-electron chi connectivity index (χ1n) is 9.67. The van der Waals surface area contributed by atoms with Gasteiger partial charge < -0.3 is 14.8 Å². The molecule has 0 heterocycles. The van der Waals surface area contributed by atoms with Crippen molar-refractivity contribution in [1.82, 2.24) is 5.32 Å². The molecule has 27 heavy (non-hydrogen) atoms. The molecular formula is C23H29NO3. The predicted octanol–water partition coefficient (Wildman–Crippen LogP) is 4.70. The summed E-state index contributed by atoms with van der Waals surface area (Å²) < 4.78 is 11.2. The molecule has 2 aromatic rings. The van der Waals surface area contributed by atoms with Crippen molar-refractivity contribution in [2.24, 2.45) is 0 Å². The lowest BCUT2D eigenvalue weighted by Gasteiger charge is -2.27. The molecule has 1 atom stereocenters. The number of nitrogens with one attached hydrogen (secondary N) is 1. The first kappa shape index (κ1) is 19.3. The van der Waals surface area contributed by atoms with Gasteiger partial charge in [0, 0.05) is 0 Å². The lowest BCUT2D eigenvalue weighted by Crippen LogP contribution is -2.34. The van der Waals surface area contributed by atoms with Crippen LogP contribution in [0.1, 0.15) is 60.9 Å². The van der Waals surface area contributed by atoms with E-state index < -0.39 is 0 Å². The molecular weight excluding hydrogens is 338 g/mol. The maximum atomic E-state index is 12.5. The van der Waals surface area contributed by atoms with Crippen LogP contribution in [-0.2, 0) is 11.2 Å². The van der Waals surface area contributed by atoms with Crippen LogP contribution in [0.5, 0.6) is 11.5 Å². The minimum Gasteiger partial charge on any atom is -0.497 e. The first-order valence-corrected chi connectivity index (χ1v) is 9.67. The van der Waals surface area contributed by atoms with Crippen molar-refractivity contribution in [3.05, 3.63) is 58.7 Å². The summed E-state index contributed by atoms with van der Waals surface area (Å²) in [6.45, 7) is 6.32. The highest BCUT2D eigenvalue weighted by Gasteiger charge is 2.22. The zero-order valence-electron chi connectivity index (χ0n) is 16.7. The third-order valence-corrected chi connectivity index (χ3v) is 5.15. The first-order chi connectivity index (χ1) is 13.0. The van der Waals surface area contributed by atoms with Crippen LogP contribution in [0, 0.1) is 6.92 Å². The zero-order chi connectivity index (χ0) is 19.4. The summed E-state index contributed by atoms with van der Waals surface area (Å²) in [5, 5.41) is 3.14. The summed E-state index contributed by atoms with van der Waals surface area (Å²) in [5.74, 6) is 1.93. The number of hydrogen-bond donors (Lipinski definition) is 1. The number of carbonyl (C=O) groups is 1. The Bertz CT molecular complexity index is 813. The Labute approximate surface area is 161 Å². The molecule has 1 amide bonds. The number of aryl methyl sites for hydroxylation is 2. The maximum Gasteiger partial charge on any atom is 0.258 e. The van der Waals surface area contributed by atoms with Gasteiger partial charge in [0.25, 0.3) is 5.91 Å². The standard InChI is InChI=1S/C23H29NO3/c1-15(2)19-10-8-16(3)12-22(19)27-14-23(25)24-21-7-5-6-17-13-18(26-4)9-11-20(17)21/h8-13,15,21H,5-7,14H2,1-4H3,(H,24,25)/t21-/m1/s1. The molecule has 4 heteroatoms. The average Bonchev–Trinajstić information content (AvgIpc) is 2.66. The summed E-state index contributed by atoms with van der Waals surface area (Å²) in [5.41, 5.74) is 4.70. The Hall–Kier alpha value is -2.49. The fraction of sp³-hybridized carbons (Fsp3) is 0.435. The van der Waals surface area contributed by atoms with Gasteiger partial charge in [0.05, 0.1) is 13.2 Å². The van der Waals surface area contributed by atoms with Crippen LogP contribution in [0.3, 0.4) is 0 Å². The third kappa shape index (κ3) is 4.62. The van der Waals surface area contributed by atoms with Gasteiger partial charge >= 0.3 is 0 Å². The number of rotatable bonds is 6. The van der Waals surface area contributed by atoms with Crippen molar-refractivity contribution >= 4 is 5.91 Å². The molecule has 0 aliphatic heterocycles. The third-order valence-electron chi connectivity index (χ3n) is 5.15. The van der Waals surface area contributed by atoms with E-state index in [2.05, 4.69) is 43.4 Å². The Morgan fingerprint density at radius 1 is 1.22 bits per heavy atom. The van der Waals surface area contributed by atoms with E-state index in [0.717, 1.165) is 41.9 Å². The fourth-order valence-electron chi connectivity index (χ4n) is 3.69. The van der Waals surface area contributed by atoms with Crippen molar-refractivity contribution < 1.29 is 14.3 Å². The van der Waals surface area contributed by atoms with Crippen LogP contribution >= 0.6 is 0 Å². The second-order valence-corrected chi connectivity index (χ2v) is 7.56. The maximum absolute atomic E-state index is 12.5. The van der Waals surface area contributed by atoms with E-state index in [1.807, 2.05) is 19.1 Å². The molecule has 4 nitrogen and oxygen atoms in total. The number of fused-ring (bicyclic) bond motifs is 1. The molecule has 0 saturated carbocycles. The Balaban J connectivity index is 1.65. The van der Waals surface area contributed by atoms with Crippen molar-refractivity contribution in [1.29, 1.82) is 0 Å². The monoisotopic (exact) mass is 367 g/mol. The molecule has 1 aliphatic rings. The van der Waals surface area contributed by atoms with Gasteiger partial charge in [0.15, 0.2) is 6.61 Å². The van der Waals surface area contributed by atoms with Gasteiger partial charge in [0.2, 0.25) is 0 Å². The van der Waals surface area contributed by atoms with Crippen LogP contribution in [0.4, 0.5) is 0 Å². The van der Waals surface area contributed by atoms with Crippen LogP contribution in [0.25, 0.3) is 0 Å². The van der Waals surface area contributed by atoms with Crippen LogP contribution in [0.15, 0.2) is 36.4 Å². The SMILES string of the molecule is COc1ccc2c(c1)CCC[C@H]2NC(=O)COc1cc(C)ccc1C(C)C. The molecule has 144 valence electrons. The van der Waals surface area contributed by atoms with E-state index in [1.165, 1.54) is 11.1 Å². The number of carbonyl (C=O) groups excluding carboxylic acids is 1. The van der Waals surface area contributed by atoms with Crippen molar-refractivity contribution in [2.45, 2.75) is 52.0 Å². The van der Waals surface area contributed by atoms with E-state index in [1.54, 1.807) is 7.11 Å². The van der Waals surface area contributed by atoms with E-state index in [4.69, 9.17) is 9.47 Å². The molecule has 1 N–H and O–H groups in total. The van der Waals surface area contributed by atoms with Crippen molar-refractivity contribution in [2.75, 3.05) is 13.7 Å². The number of benzene rings is 2. The highest BCUT2D eigenvalue weighted by Crippen LogP contribution is 2.32. The van der Waals surface area contributed by atoms with E-state index in [0.29, 0.717) is 5.92 Å². The van der Waals surface area contributed by atoms with Crippen LogP contribution in [0.2, 0.25) is 0 Å².